The van der Waals surface area contributed by atoms with Crippen molar-refractivity contribution in [2.24, 2.45) is 5.92 Å². The maximum absolute atomic E-state index is 13.0. The maximum atomic E-state index is 13.0. The minimum absolute atomic E-state index is 0.166. The second-order valence-corrected chi connectivity index (χ2v) is 5.31. The molecule has 2 rings (SSSR count). The summed E-state index contributed by atoms with van der Waals surface area (Å²) in [4.78, 5) is 11.7. The molecule has 108 valence electrons. The SMILES string of the molecule is O=C(/C=C/c1cccc(F)c1)NCC1CCC(O)CC1. The molecule has 1 saturated carbocycles. The molecule has 4 heteroatoms. The van der Waals surface area contributed by atoms with Crippen LogP contribution in [0, 0.1) is 11.7 Å². The number of nitrogens with one attached hydrogen (secondary N) is 1. The van der Waals surface area contributed by atoms with Crippen LogP contribution in [0.4, 0.5) is 4.39 Å². The van der Waals surface area contributed by atoms with Gasteiger partial charge in [0.1, 0.15) is 5.82 Å². The first kappa shape index (κ1) is 14.7. The molecule has 0 spiro atoms. The zero-order chi connectivity index (χ0) is 14.4. The molecule has 20 heavy (non-hydrogen) atoms. The van der Waals surface area contributed by atoms with E-state index in [1.54, 1.807) is 18.2 Å². The van der Waals surface area contributed by atoms with E-state index in [1.807, 2.05) is 0 Å². The Morgan fingerprint density at radius 2 is 2.10 bits per heavy atom. The van der Waals surface area contributed by atoms with E-state index in [1.165, 1.54) is 18.2 Å². The first-order chi connectivity index (χ1) is 9.63. The molecule has 0 saturated heterocycles. The van der Waals surface area contributed by atoms with E-state index in [0.29, 0.717) is 18.0 Å². The Morgan fingerprint density at radius 1 is 1.35 bits per heavy atom. The largest absolute Gasteiger partial charge is 0.393 e. The van der Waals surface area contributed by atoms with Crippen LogP contribution < -0.4 is 5.32 Å². The van der Waals surface area contributed by atoms with Crippen molar-refractivity contribution in [3.05, 3.63) is 41.7 Å². The Morgan fingerprint density at radius 3 is 2.80 bits per heavy atom. The highest BCUT2D eigenvalue weighted by atomic mass is 19.1. The van der Waals surface area contributed by atoms with Gasteiger partial charge in [0, 0.05) is 12.6 Å². The van der Waals surface area contributed by atoms with Crippen LogP contribution in [0.25, 0.3) is 6.08 Å². The average molecular weight is 277 g/mol. The Hall–Kier alpha value is -1.68. The summed E-state index contributed by atoms with van der Waals surface area (Å²) in [6.45, 7) is 0.638. The van der Waals surface area contributed by atoms with Gasteiger partial charge in [-0.3, -0.25) is 4.79 Å². The Labute approximate surface area is 118 Å². The molecular formula is C16H20FNO2. The zero-order valence-corrected chi connectivity index (χ0v) is 11.4. The molecule has 1 aromatic carbocycles. The van der Waals surface area contributed by atoms with Gasteiger partial charge in [-0.1, -0.05) is 12.1 Å². The van der Waals surface area contributed by atoms with E-state index < -0.39 is 0 Å². The lowest BCUT2D eigenvalue weighted by atomic mass is 9.87. The fraction of sp³-hybridized carbons (Fsp3) is 0.438. The maximum Gasteiger partial charge on any atom is 0.244 e. The lowest BCUT2D eigenvalue weighted by molar-refractivity contribution is -0.116. The van der Waals surface area contributed by atoms with Crippen LogP contribution in [0.15, 0.2) is 30.3 Å². The summed E-state index contributed by atoms with van der Waals surface area (Å²) >= 11 is 0. The van der Waals surface area contributed by atoms with Crippen molar-refractivity contribution in [1.82, 2.24) is 5.32 Å². The Balaban J connectivity index is 1.75. The first-order valence-electron chi connectivity index (χ1n) is 7.03. The molecule has 0 heterocycles. The number of rotatable bonds is 4. The molecule has 3 nitrogen and oxygen atoms in total. The normalized spacial score (nSPS) is 22.9. The van der Waals surface area contributed by atoms with Gasteiger partial charge < -0.3 is 10.4 Å². The molecule has 1 aromatic rings. The Bertz CT molecular complexity index is 479. The predicted molar refractivity (Wildman–Crippen MR) is 76.4 cm³/mol. The molecule has 1 fully saturated rings. The van der Waals surface area contributed by atoms with Crippen molar-refractivity contribution >= 4 is 12.0 Å². The number of aliphatic hydroxyl groups excluding tert-OH is 1. The van der Waals surface area contributed by atoms with Gasteiger partial charge in [0.2, 0.25) is 5.91 Å². The number of hydrogen-bond donors (Lipinski definition) is 2. The molecule has 0 unspecified atom stereocenters. The summed E-state index contributed by atoms with van der Waals surface area (Å²) in [5.41, 5.74) is 0.668. The van der Waals surface area contributed by atoms with Gasteiger partial charge >= 0.3 is 0 Å². The molecule has 0 aromatic heterocycles. The highest BCUT2D eigenvalue weighted by molar-refractivity contribution is 5.91. The summed E-state index contributed by atoms with van der Waals surface area (Å²) in [5, 5.41) is 12.3. The zero-order valence-electron chi connectivity index (χ0n) is 11.4. The highest BCUT2D eigenvalue weighted by Crippen LogP contribution is 2.23. The highest BCUT2D eigenvalue weighted by Gasteiger charge is 2.19. The number of hydrogen-bond acceptors (Lipinski definition) is 2. The van der Waals surface area contributed by atoms with Crippen LogP contribution in [-0.4, -0.2) is 23.7 Å². The Kier molecular flexibility index (Phi) is 5.30. The number of carbonyl (C=O) groups excluding carboxylic acids is 1. The third-order valence-electron chi connectivity index (χ3n) is 3.66. The lowest BCUT2D eigenvalue weighted by Crippen LogP contribution is -2.31. The number of carbonyl (C=O) groups is 1. The summed E-state index contributed by atoms with van der Waals surface area (Å²) in [6.07, 6.45) is 6.40. The van der Waals surface area contributed by atoms with Gasteiger partial charge in [0.05, 0.1) is 6.10 Å². The van der Waals surface area contributed by atoms with Crippen LogP contribution in [0.2, 0.25) is 0 Å². The van der Waals surface area contributed by atoms with E-state index >= 15 is 0 Å². The summed E-state index contributed by atoms with van der Waals surface area (Å²) in [6, 6.07) is 6.11. The van der Waals surface area contributed by atoms with Gasteiger partial charge in [0.15, 0.2) is 0 Å². The van der Waals surface area contributed by atoms with Crippen LogP contribution >= 0.6 is 0 Å². The second-order valence-electron chi connectivity index (χ2n) is 5.31. The van der Waals surface area contributed by atoms with E-state index in [9.17, 15) is 14.3 Å². The van der Waals surface area contributed by atoms with Crippen molar-refractivity contribution in [2.45, 2.75) is 31.8 Å². The summed E-state index contributed by atoms with van der Waals surface area (Å²) in [7, 11) is 0. The molecule has 1 aliphatic carbocycles. The van der Waals surface area contributed by atoms with Crippen LogP contribution in [0.3, 0.4) is 0 Å². The first-order valence-corrected chi connectivity index (χ1v) is 7.03. The molecular weight excluding hydrogens is 257 g/mol. The third kappa shape index (κ3) is 4.78. The van der Waals surface area contributed by atoms with Gasteiger partial charge in [-0.2, -0.15) is 0 Å². The average Bonchev–Trinajstić information content (AvgIpc) is 2.45. The van der Waals surface area contributed by atoms with Crippen molar-refractivity contribution in [3.8, 4) is 0 Å². The minimum Gasteiger partial charge on any atom is -0.393 e. The van der Waals surface area contributed by atoms with Gasteiger partial charge in [-0.15, -0.1) is 0 Å². The second kappa shape index (κ2) is 7.20. The topological polar surface area (TPSA) is 49.3 Å². The van der Waals surface area contributed by atoms with E-state index in [2.05, 4.69) is 5.32 Å². The molecule has 0 bridgehead atoms. The number of amides is 1. The van der Waals surface area contributed by atoms with Gasteiger partial charge in [-0.25, -0.2) is 4.39 Å². The van der Waals surface area contributed by atoms with Gasteiger partial charge in [-0.05, 0) is 55.4 Å². The van der Waals surface area contributed by atoms with Crippen molar-refractivity contribution < 1.29 is 14.3 Å². The third-order valence-corrected chi connectivity index (χ3v) is 3.66. The molecule has 1 aliphatic rings. The molecule has 0 radical (unpaired) electrons. The van der Waals surface area contributed by atoms with Crippen LogP contribution in [-0.2, 0) is 4.79 Å². The summed E-state index contributed by atoms with van der Waals surface area (Å²) < 4.78 is 13.0. The van der Waals surface area contributed by atoms with Crippen LogP contribution in [0.1, 0.15) is 31.2 Å². The fourth-order valence-corrected chi connectivity index (χ4v) is 2.44. The number of halogens is 1. The molecule has 1 amide bonds. The quantitative estimate of drug-likeness (QED) is 0.831. The number of benzene rings is 1. The van der Waals surface area contributed by atoms with Gasteiger partial charge in [0.25, 0.3) is 0 Å². The van der Waals surface area contributed by atoms with E-state index in [-0.39, 0.29) is 17.8 Å². The monoisotopic (exact) mass is 277 g/mol. The minimum atomic E-state index is -0.312. The lowest BCUT2D eigenvalue weighted by Gasteiger charge is -2.25. The van der Waals surface area contributed by atoms with Crippen molar-refractivity contribution in [1.29, 1.82) is 0 Å². The van der Waals surface area contributed by atoms with Crippen LogP contribution in [0.5, 0.6) is 0 Å². The molecule has 0 aliphatic heterocycles. The van der Waals surface area contributed by atoms with Crippen molar-refractivity contribution in [2.75, 3.05) is 6.54 Å². The van der Waals surface area contributed by atoms with E-state index in [4.69, 9.17) is 0 Å². The predicted octanol–water partition coefficient (Wildman–Crippen LogP) is 2.51. The van der Waals surface area contributed by atoms with Crippen molar-refractivity contribution in [3.63, 3.8) is 0 Å². The smallest absolute Gasteiger partial charge is 0.244 e. The standard InChI is InChI=1S/C16H20FNO2/c17-14-3-1-2-12(10-14)6-9-16(20)18-11-13-4-7-15(19)8-5-13/h1-3,6,9-10,13,15,19H,4-5,7-8,11H2,(H,18,20)/b9-6+. The summed E-state index contributed by atoms with van der Waals surface area (Å²) in [5.74, 6) is -0.0291. The molecule has 2 N–H and O–H groups in total. The van der Waals surface area contributed by atoms with E-state index in [0.717, 1.165) is 25.7 Å². The number of aliphatic hydroxyl groups is 1. The molecule has 0 atom stereocenters. The fourth-order valence-electron chi connectivity index (χ4n) is 2.44.